The van der Waals surface area contributed by atoms with Crippen LogP contribution >= 0.6 is 0 Å². The van der Waals surface area contributed by atoms with E-state index in [9.17, 15) is 19.2 Å². The molecule has 0 unspecified atom stereocenters. The fourth-order valence-electron chi connectivity index (χ4n) is 3.01. The van der Waals surface area contributed by atoms with E-state index in [1.54, 1.807) is 26.0 Å². The van der Waals surface area contributed by atoms with Gasteiger partial charge in [-0.15, -0.1) is 0 Å². The average Bonchev–Trinajstić information content (AvgIpc) is 2.90. The van der Waals surface area contributed by atoms with Gasteiger partial charge in [-0.25, -0.2) is 4.79 Å². The van der Waals surface area contributed by atoms with Crippen molar-refractivity contribution >= 4 is 23.7 Å². The van der Waals surface area contributed by atoms with Crippen molar-refractivity contribution in [1.82, 2.24) is 10.2 Å². The molecule has 0 aromatic heterocycles. The number of esters is 1. The standard InChI is InChI=1S/C20H26N2O5/c1-5-20(6-2)18(25)22(19(26)21-20)11-17(24)27-12-16(23)15-9-7-14(8-10-15)13(3)4/h7-10,13H,5-6,11-12H2,1-4H3,(H,21,26). The number of hydrogen-bond acceptors (Lipinski definition) is 5. The van der Waals surface area contributed by atoms with E-state index in [0.29, 0.717) is 24.3 Å². The summed E-state index contributed by atoms with van der Waals surface area (Å²) in [5.74, 6) is -1.22. The molecule has 0 radical (unpaired) electrons. The molecule has 7 nitrogen and oxygen atoms in total. The second-order valence-corrected chi connectivity index (χ2v) is 6.97. The number of rotatable bonds is 8. The van der Waals surface area contributed by atoms with Crippen LogP contribution in [-0.2, 0) is 14.3 Å². The lowest BCUT2D eigenvalue weighted by atomic mass is 9.93. The number of carbonyl (C=O) groups is 4. The average molecular weight is 374 g/mol. The van der Waals surface area contributed by atoms with Crippen LogP contribution in [0.1, 0.15) is 62.4 Å². The Bertz CT molecular complexity index is 735. The molecule has 0 saturated carbocycles. The van der Waals surface area contributed by atoms with Crippen molar-refractivity contribution < 1.29 is 23.9 Å². The Morgan fingerprint density at radius 1 is 1.11 bits per heavy atom. The largest absolute Gasteiger partial charge is 0.456 e. The molecule has 0 spiro atoms. The van der Waals surface area contributed by atoms with Gasteiger partial charge in [-0.1, -0.05) is 52.0 Å². The van der Waals surface area contributed by atoms with Gasteiger partial charge in [0.25, 0.3) is 5.91 Å². The monoisotopic (exact) mass is 374 g/mol. The molecule has 1 fully saturated rings. The molecule has 7 heteroatoms. The lowest BCUT2D eigenvalue weighted by Crippen LogP contribution is -2.46. The lowest BCUT2D eigenvalue weighted by Gasteiger charge is -2.22. The van der Waals surface area contributed by atoms with Gasteiger partial charge in [-0.05, 0) is 24.3 Å². The van der Waals surface area contributed by atoms with Crippen molar-refractivity contribution in [2.24, 2.45) is 0 Å². The van der Waals surface area contributed by atoms with Gasteiger partial charge in [0.1, 0.15) is 12.1 Å². The van der Waals surface area contributed by atoms with Crippen molar-refractivity contribution in [1.29, 1.82) is 0 Å². The molecular weight excluding hydrogens is 348 g/mol. The number of ether oxygens (including phenoxy) is 1. The quantitative estimate of drug-likeness (QED) is 0.429. The highest BCUT2D eigenvalue weighted by Gasteiger charge is 2.49. The Morgan fingerprint density at radius 2 is 1.70 bits per heavy atom. The summed E-state index contributed by atoms with van der Waals surface area (Å²) in [5.41, 5.74) is 0.585. The molecule has 146 valence electrons. The Hall–Kier alpha value is -2.70. The maximum atomic E-state index is 12.4. The van der Waals surface area contributed by atoms with Crippen molar-refractivity contribution in [2.75, 3.05) is 13.2 Å². The molecule has 0 atom stereocenters. The van der Waals surface area contributed by atoms with E-state index in [4.69, 9.17) is 4.74 Å². The van der Waals surface area contributed by atoms with E-state index < -0.39 is 36.6 Å². The number of carbonyl (C=O) groups excluding carboxylic acids is 4. The van der Waals surface area contributed by atoms with E-state index in [1.807, 2.05) is 12.1 Å². The first-order chi connectivity index (χ1) is 12.7. The molecule has 0 bridgehead atoms. The Balaban J connectivity index is 1.91. The van der Waals surface area contributed by atoms with Crippen LogP contribution in [0, 0.1) is 0 Å². The van der Waals surface area contributed by atoms with E-state index >= 15 is 0 Å². The zero-order valence-electron chi connectivity index (χ0n) is 16.2. The number of nitrogens with one attached hydrogen (secondary N) is 1. The van der Waals surface area contributed by atoms with Gasteiger partial charge in [0.15, 0.2) is 12.4 Å². The highest BCUT2D eigenvalue weighted by Crippen LogP contribution is 2.24. The fraction of sp³-hybridized carbons (Fsp3) is 0.500. The number of nitrogens with zero attached hydrogens (tertiary/aromatic N) is 1. The number of hydrogen-bond donors (Lipinski definition) is 1. The second kappa shape index (κ2) is 8.33. The van der Waals surface area contributed by atoms with Crippen molar-refractivity contribution in [3.05, 3.63) is 35.4 Å². The molecule has 1 N–H and O–H groups in total. The molecule has 1 aliphatic rings. The summed E-state index contributed by atoms with van der Waals surface area (Å²) in [6.45, 7) is 6.77. The van der Waals surface area contributed by atoms with E-state index in [2.05, 4.69) is 19.2 Å². The molecular formula is C20H26N2O5. The van der Waals surface area contributed by atoms with Crippen LogP contribution < -0.4 is 5.32 Å². The topological polar surface area (TPSA) is 92.8 Å². The molecule has 1 heterocycles. The second-order valence-electron chi connectivity index (χ2n) is 6.97. The molecule has 1 saturated heterocycles. The highest BCUT2D eigenvalue weighted by atomic mass is 16.5. The Morgan fingerprint density at radius 3 is 2.19 bits per heavy atom. The van der Waals surface area contributed by atoms with Crippen LogP contribution in [-0.4, -0.2) is 47.3 Å². The maximum absolute atomic E-state index is 12.4. The third-order valence-electron chi connectivity index (χ3n) is 5.00. The zero-order chi connectivity index (χ0) is 20.2. The van der Waals surface area contributed by atoms with E-state index in [0.717, 1.165) is 10.5 Å². The number of ketones is 1. The number of amides is 3. The van der Waals surface area contributed by atoms with Gasteiger partial charge in [-0.2, -0.15) is 0 Å². The first-order valence-electron chi connectivity index (χ1n) is 9.17. The zero-order valence-corrected chi connectivity index (χ0v) is 16.2. The van der Waals surface area contributed by atoms with Gasteiger partial charge < -0.3 is 10.1 Å². The molecule has 2 rings (SSSR count). The summed E-state index contributed by atoms with van der Waals surface area (Å²) in [6.07, 6.45) is 0.870. The summed E-state index contributed by atoms with van der Waals surface area (Å²) in [6, 6.07) is 6.50. The van der Waals surface area contributed by atoms with Crippen molar-refractivity contribution in [3.8, 4) is 0 Å². The van der Waals surface area contributed by atoms with Crippen LogP contribution in [0.25, 0.3) is 0 Å². The van der Waals surface area contributed by atoms with Gasteiger partial charge in [0.2, 0.25) is 0 Å². The molecule has 0 aliphatic carbocycles. The third kappa shape index (κ3) is 4.35. The van der Waals surface area contributed by atoms with E-state index in [1.165, 1.54) is 0 Å². The van der Waals surface area contributed by atoms with Crippen LogP contribution in [0.3, 0.4) is 0 Å². The Labute approximate surface area is 159 Å². The minimum Gasteiger partial charge on any atom is -0.456 e. The van der Waals surface area contributed by atoms with Crippen LogP contribution in [0.15, 0.2) is 24.3 Å². The summed E-state index contributed by atoms with van der Waals surface area (Å²) in [4.78, 5) is 49.5. The third-order valence-corrected chi connectivity index (χ3v) is 5.00. The van der Waals surface area contributed by atoms with Crippen molar-refractivity contribution in [3.63, 3.8) is 0 Å². The lowest BCUT2D eigenvalue weighted by molar-refractivity contribution is -0.146. The van der Waals surface area contributed by atoms with Crippen LogP contribution in [0.5, 0.6) is 0 Å². The minimum absolute atomic E-state index is 0.340. The predicted octanol–water partition coefficient (Wildman–Crippen LogP) is 2.65. The summed E-state index contributed by atoms with van der Waals surface area (Å²) >= 11 is 0. The Kier molecular flexibility index (Phi) is 6.36. The summed E-state index contributed by atoms with van der Waals surface area (Å²) in [7, 11) is 0. The first kappa shape index (κ1) is 20.6. The molecule has 1 aliphatic heterocycles. The smallest absolute Gasteiger partial charge is 0.326 e. The fourth-order valence-corrected chi connectivity index (χ4v) is 3.01. The number of urea groups is 1. The number of Topliss-reactive ketones (excluding diaryl/α,β-unsaturated/α-hetero) is 1. The predicted molar refractivity (Wildman–Crippen MR) is 99.4 cm³/mol. The minimum atomic E-state index is -0.967. The van der Waals surface area contributed by atoms with Crippen molar-refractivity contribution in [2.45, 2.75) is 52.0 Å². The normalized spacial score (nSPS) is 15.8. The van der Waals surface area contributed by atoms with Crippen LogP contribution in [0.4, 0.5) is 4.79 Å². The molecule has 27 heavy (non-hydrogen) atoms. The summed E-state index contributed by atoms with van der Waals surface area (Å²) < 4.78 is 4.97. The summed E-state index contributed by atoms with van der Waals surface area (Å²) in [5, 5.41) is 2.64. The van der Waals surface area contributed by atoms with E-state index in [-0.39, 0.29) is 5.78 Å². The maximum Gasteiger partial charge on any atom is 0.326 e. The van der Waals surface area contributed by atoms with Gasteiger partial charge in [-0.3, -0.25) is 19.3 Å². The molecule has 1 aromatic carbocycles. The van der Waals surface area contributed by atoms with Gasteiger partial charge >= 0.3 is 12.0 Å². The van der Waals surface area contributed by atoms with Crippen LogP contribution in [0.2, 0.25) is 0 Å². The van der Waals surface area contributed by atoms with Gasteiger partial charge in [0.05, 0.1) is 0 Å². The SMILES string of the molecule is CCC1(CC)NC(=O)N(CC(=O)OCC(=O)c2ccc(C(C)C)cc2)C1=O. The first-order valence-corrected chi connectivity index (χ1v) is 9.17. The molecule has 3 amide bonds. The number of imide groups is 1. The number of benzene rings is 1. The highest BCUT2D eigenvalue weighted by molar-refractivity contribution is 6.08. The van der Waals surface area contributed by atoms with Gasteiger partial charge in [0, 0.05) is 5.56 Å². The molecule has 1 aromatic rings.